The van der Waals surface area contributed by atoms with Gasteiger partial charge in [-0.1, -0.05) is 0 Å². The van der Waals surface area contributed by atoms with E-state index in [2.05, 4.69) is 16.3 Å². The molecule has 3 heterocycles. The van der Waals surface area contributed by atoms with Crippen molar-refractivity contribution in [1.29, 1.82) is 0 Å². The molecular weight excluding hydrogens is 286 g/mol. The summed E-state index contributed by atoms with van der Waals surface area (Å²) in [6.07, 6.45) is 3.75. The van der Waals surface area contributed by atoms with Crippen LogP contribution < -0.4 is 9.64 Å². The number of imidazole rings is 1. The quantitative estimate of drug-likeness (QED) is 0.694. The lowest BCUT2D eigenvalue weighted by Crippen LogP contribution is -2.35. The minimum atomic E-state index is -0.0329. The molecule has 0 saturated heterocycles. The van der Waals surface area contributed by atoms with Crippen molar-refractivity contribution >= 4 is 27.9 Å². The first-order valence-corrected chi connectivity index (χ1v) is 7.43. The first-order valence-electron chi connectivity index (χ1n) is 6.61. The van der Waals surface area contributed by atoms with Crippen LogP contribution in [0, 0.1) is 6.92 Å². The van der Waals surface area contributed by atoms with E-state index in [0.29, 0.717) is 0 Å². The van der Waals surface area contributed by atoms with E-state index in [9.17, 15) is 4.79 Å². The molecule has 0 atom stereocenters. The lowest BCUT2D eigenvalue weighted by Gasteiger charge is -2.26. The molecule has 1 amide bonds. The lowest BCUT2D eigenvalue weighted by atomic mass is 10.1. The Bertz CT molecular complexity index is 865. The normalized spacial score (nSPS) is 14.4. The van der Waals surface area contributed by atoms with E-state index < -0.39 is 0 Å². The Morgan fingerprint density at radius 1 is 1.38 bits per heavy atom. The van der Waals surface area contributed by atoms with Gasteiger partial charge in [0.15, 0.2) is 11.6 Å². The molecule has 0 unspecified atom stereocenters. The molecule has 106 valence electrons. The molecule has 0 radical (unpaired) electrons. The summed E-state index contributed by atoms with van der Waals surface area (Å²) >= 11 is 1.66. The number of aryl methyl sites for hydroxylation is 1. The maximum atomic E-state index is 11.8. The maximum absolute atomic E-state index is 11.8. The summed E-state index contributed by atoms with van der Waals surface area (Å²) in [5.74, 6) is 0.713. The van der Waals surface area contributed by atoms with E-state index in [4.69, 9.17) is 4.74 Å². The molecule has 1 aliphatic heterocycles. The zero-order valence-electron chi connectivity index (χ0n) is 11.7. The summed E-state index contributed by atoms with van der Waals surface area (Å²) in [7, 11) is 1.78. The highest BCUT2D eigenvalue weighted by Gasteiger charge is 2.23. The number of amides is 1. The van der Waals surface area contributed by atoms with Crippen molar-refractivity contribution in [2.24, 2.45) is 0 Å². The predicted octanol–water partition coefficient (Wildman–Crippen LogP) is 2.73. The van der Waals surface area contributed by atoms with Gasteiger partial charge in [0.2, 0.25) is 0 Å². The van der Waals surface area contributed by atoms with Crippen molar-refractivity contribution < 1.29 is 9.53 Å². The number of hydrogen-bond donors (Lipinski definition) is 0. The van der Waals surface area contributed by atoms with Crippen LogP contribution in [0.1, 0.15) is 4.88 Å². The number of aromatic nitrogens is 2. The predicted molar refractivity (Wildman–Crippen MR) is 82.1 cm³/mol. The van der Waals surface area contributed by atoms with E-state index in [0.717, 1.165) is 27.7 Å². The van der Waals surface area contributed by atoms with Gasteiger partial charge in [-0.3, -0.25) is 9.20 Å². The standard InChI is InChI=1S/C15H13N3O2S/c1-9-14(18-6-5-16-15(18)21-9)10-3-4-12-11(7-10)17(2)13(19)8-20-12/h3-7H,8H2,1-2H3. The molecule has 21 heavy (non-hydrogen) atoms. The second kappa shape index (κ2) is 4.33. The highest BCUT2D eigenvalue weighted by Crippen LogP contribution is 2.38. The maximum Gasteiger partial charge on any atom is 0.264 e. The third-order valence-electron chi connectivity index (χ3n) is 3.74. The minimum absolute atomic E-state index is 0.0329. The van der Waals surface area contributed by atoms with Crippen LogP contribution in [0.4, 0.5) is 5.69 Å². The zero-order valence-corrected chi connectivity index (χ0v) is 12.5. The number of fused-ring (bicyclic) bond motifs is 2. The van der Waals surface area contributed by atoms with Gasteiger partial charge in [0.25, 0.3) is 5.91 Å². The van der Waals surface area contributed by atoms with Gasteiger partial charge in [0, 0.05) is 29.9 Å². The summed E-state index contributed by atoms with van der Waals surface area (Å²) in [4.78, 5) is 19.9. The van der Waals surface area contributed by atoms with Crippen molar-refractivity contribution in [3.63, 3.8) is 0 Å². The minimum Gasteiger partial charge on any atom is -0.482 e. The number of thiazole rings is 1. The molecule has 0 bridgehead atoms. The monoisotopic (exact) mass is 299 g/mol. The van der Waals surface area contributed by atoms with Gasteiger partial charge in [0.1, 0.15) is 5.75 Å². The number of ether oxygens (including phenoxy) is 1. The smallest absolute Gasteiger partial charge is 0.264 e. The second-order valence-corrected chi connectivity index (χ2v) is 6.19. The molecule has 0 aliphatic carbocycles. The number of benzene rings is 1. The lowest BCUT2D eigenvalue weighted by molar-refractivity contribution is -0.120. The number of carbonyl (C=O) groups excluding carboxylic acids is 1. The molecular formula is C15H13N3O2S. The second-order valence-electron chi connectivity index (χ2n) is 5.01. The molecule has 0 saturated carbocycles. The van der Waals surface area contributed by atoms with Crippen LogP contribution in [0.2, 0.25) is 0 Å². The molecule has 3 aromatic rings. The Morgan fingerprint density at radius 3 is 3.10 bits per heavy atom. The SMILES string of the molecule is Cc1sc2nccn2c1-c1ccc2c(c1)N(C)C(=O)CO2. The van der Waals surface area contributed by atoms with E-state index >= 15 is 0 Å². The topological polar surface area (TPSA) is 46.8 Å². The van der Waals surface area contributed by atoms with E-state index in [1.54, 1.807) is 29.5 Å². The highest BCUT2D eigenvalue weighted by molar-refractivity contribution is 7.17. The molecule has 4 rings (SSSR count). The van der Waals surface area contributed by atoms with Crippen molar-refractivity contribution in [2.45, 2.75) is 6.92 Å². The summed E-state index contributed by atoms with van der Waals surface area (Å²) in [6, 6.07) is 5.95. The number of likely N-dealkylation sites (N-methyl/N-ethyl adjacent to an activating group) is 1. The van der Waals surface area contributed by atoms with Gasteiger partial charge in [0.05, 0.1) is 11.4 Å². The third kappa shape index (κ3) is 1.76. The Balaban J connectivity index is 1.92. The van der Waals surface area contributed by atoms with Crippen molar-refractivity contribution in [2.75, 3.05) is 18.6 Å². The number of nitrogens with zero attached hydrogens (tertiary/aromatic N) is 3. The number of rotatable bonds is 1. The number of anilines is 1. The summed E-state index contributed by atoms with van der Waals surface area (Å²) < 4.78 is 7.55. The van der Waals surface area contributed by atoms with Gasteiger partial charge in [-0.2, -0.15) is 0 Å². The van der Waals surface area contributed by atoms with Gasteiger partial charge in [-0.25, -0.2) is 4.98 Å². The Morgan fingerprint density at radius 2 is 2.24 bits per heavy atom. The molecule has 6 heteroatoms. The van der Waals surface area contributed by atoms with Crippen LogP contribution in [-0.4, -0.2) is 28.9 Å². The molecule has 1 aliphatic rings. The van der Waals surface area contributed by atoms with Crippen LogP contribution in [0.25, 0.3) is 16.2 Å². The first kappa shape index (κ1) is 12.4. The van der Waals surface area contributed by atoms with E-state index in [1.165, 1.54) is 4.88 Å². The third-order valence-corrected chi connectivity index (χ3v) is 4.73. The van der Waals surface area contributed by atoms with Crippen LogP contribution in [0.15, 0.2) is 30.6 Å². The molecule has 5 nitrogen and oxygen atoms in total. The first-order chi connectivity index (χ1) is 10.1. The fourth-order valence-corrected chi connectivity index (χ4v) is 3.60. The summed E-state index contributed by atoms with van der Waals surface area (Å²) in [5.41, 5.74) is 2.98. The fourth-order valence-electron chi connectivity index (χ4n) is 2.65. The highest BCUT2D eigenvalue weighted by atomic mass is 32.1. The summed E-state index contributed by atoms with van der Waals surface area (Å²) in [5, 5.41) is 0. The van der Waals surface area contributed by atoms with Gasteiger partial charge < -0.3 is 9.64 Å². The van der Waals surface area contributed by atoms with Crippen LogP contribution in [0.5, 0.6) is 5.75 Å². The molecule has 0 N–H and O–H groups in total. The number of carbonyl (C=O) groups is 1. The fraction of sp³-hybridized carbons (Fsp3) is 0.200. The Kier molecular flexibility index (Phi) is 2.56. The van der Waals surface area contributed by atoms with Crippen molar-refractivity contribution in [1.82, 2.24) is 9.38 Å². The molecule has 0 spiro atoms. The number of hydrogen-bond acceptors (Lipinski definition) is 4. The molecule has 0 fully saturated rings. The van der Waals surface area contributed by atoms with Crippen molar-refractivity contribution in [3.05, 3.63) is 35.5 Å². The van der Waals surface area contributed by atoms with E-state index in [1.807, 2.05) is 24.4 Å². The van der Waals surface area contributed by atoms with Crippen LogP contribution in [-0.2, 0) is 4.79 Å². The Labute approximate surface area is 125 Å². The van der Waals surface area contributed by atoms with Gasteiger partial charge >= 0.3 is 0 Å². The zero-order chi connectivity index (χ0) is 14.6. The Hall–Kier alpha value is -2.34. The summed E-state index contributed by atoms with van der Waals surface area (Å²) in [6.45, 7) is 2.19. The van der Waals surface area contributed by atoms with E-state index in [-0.39, 0.29) is 12.5 Å². The van der Waals surface area contributed by atoms with Gasteiger partial charge in [-0.15, -0.1) is 11.3 Å². The average Bonchev–Trinajstić information content (AvgIpc) is 3.03. The molecule has 2 aromatic heterocycles. The van der Waals surface area contributed by atoms with Crippen LogP contribution in [0.3, 0.4) is 0 Å². The van der Waals surface area contributed by atoms with Crippen molar-refractivity contribution in [3.8, 4) is 17.0 Å². The molecule has 1 aromatic carbocycles. The average molecular weight is 299 g/mol. The van der Waals surface area contributed by atoms with Gasteiger partial charge in [-0.05, 0) is 25.1 Å². The van der Waals surface area contributed by atoms with Crippen LogP contribution >= 0.6 is 11.3 Å². The largest absolute Gasteiger partial charge is 0.482 e.